The molecule has 2 aromatic rings. The van der Waals surface area contributed by atoms with Crippen LogP contribution < -0.4 is 10.2 Å². The van der Waals surface area contributed by atoms with Crippen molar-refractivity contribution in [2.75, 3.05) is 11.9 Å². The minimum absolute atomic E-state index is 0.165. The monoisotopic (exact) mass is 362 g/mol. The Labute approximate surface area is 148 Å². The molecule has 0 spiro atoms. The fraction of sp³-hybridized carbons (Fsp3) is 0.222. The number of hydrogen-bond acceptors (Lipinski definition) is 3. The molecule has 1 aliphatic heterocycles. The molecule has 3 rings (SSSR count). The third kappa shape index (κ3) is 3.37. The molecule has 0 radical (unpaired) electrons. The van der Waals surface area contributed by atoms with Gasteiger partial charge in [-0.1, -0.05) is 42.1 Å². The maximum atomic E-state index is 13.1. The van der Waals surface area contributed by atoms with Gasteiger partial charge in [0.05, 0.1) is 5.56 Å². The van der Waals surface area contributed by atoms with E-state index >= 15 is 0 Å². The molecule has 4 nitrogen and oxygen atoms in total. The van der Waals surface area contributed by atoms with E-state index < -0.39 is 17.7 Å². The van der Waals surface area contributed by atoms with Crippen molar-refractivity contribution in [3.05, 3.63) is 59.7 Å². The molecule has 0 aliphatic carbocycles. The second kappa shape index (κ2) is 7.23. The molecule has 2 aromatic carbocycles. The van der Waals surface area contributed by atoms with Gasteiger partial charge in [-0.15, -0.1) is 0 Å². The van der Waals surface area contributed by atoms with Gasteiger partial charge in [-0.2, -0.15) is 8.78 Å². The van der Waals surface area contributed by atoms with Crippen molar-refractivity contribution < 1.29 is 18.4 Å². The van der Waals surface area contributed by atoms with E-state index in [2.05, 4.69) is 5.32 Å². The van der Waals surface area contributed by atoms with Gasteiger partial charge < -0.3 is 5.32 Å². The zero-order valence-corrected chi connectivity index (χ0v) is 14.2. The molecule has 0 saturated carbocycles. The van der Waals surface area contributed by atoms with Gasteiger partial charge in [-0.3, -0.25) is 14.5 Å². The molecule has 2 amide bonds. The number of hydrogen-bond donors (Lipinski definition) is 1. The molecular formula is C18H16F2N2O2S. The first-order chi connectivity index (χ1) is 12.0. The summed E-state index contributed by atoms with van der Waals surface area (Å²) in [7, 11) is 1.51. The van der Waals surface area contributed by atoms with E-state index in [0.29, 0.717) is 23.9 Å². The van der Waals surface area contributed by atoms with Crippen LogP contribution in [0, 0.1) is 0 Å². The van der Waals surface area contributed by atoms with Crippen LogP contribution in [0.3, 0.4) is 0 Å². The summed E-state index contributed by atoms with van der Waals surface area (Å²) in [5.41, 5.74) is 1.68. The molecule has 7 heteroatoms. The minimum atomic E-state index is -2.63. The van der Waals surface area contributed by atoms with Crippen LogP contribution in [0.5, 0.6) is 0 Å². The third-order valence-electron chi connectivity index (χ3n) is 4.08. The predicted molar refractivity (Wildman–Crippen MR) is 93.1 cm³/mol. The highest BCUT2D eigenvalue weighted by Crippen LogP contribution is 2.36. The number of carbonyl (C=O) groups is 2. The van der Waals surface area contributed by atoms with Crippen molar-refractivity contribution >= 4 is 29.3 Å². The van der Waals surface area contributed by atoms with E-state index in [4.69, 9.17) is 0 Å². The van der Waals surface area contributed by atoms with Gasteiger partial charge in [0, 0.05) is 24.1 Å². The second-order valence-corrected chi connectivity index (χ2v) is 6.54. The Balaban J connectivity index is 2.04. The van der Waals surface area contributed by atoms with Crippen LogP contribution in [-0.4, -0.2) is 30.7 Å². The number of anilines is 1. The number of alkyl halides is 2. The molecule has 1 N–H and O–H groups in total. The first-order valence-corrected chi connectivity index (χ1v) is 8.57. The Morgan fingerprint density at radius 1 is 1.16 bits per heavy atom. The summed E-state index contributed by atoms with van der Waals surface area (Å²) < 4.78 is 25.6. The van der Waals surface area contributed by atoms with Crippen molar-refractivity contribution in [1.29, 1.82) is 0 Å². The largest absolute Gasteiger partial charge is 0.357 e. The number of benzene rings is 2. The number of likely N-dealkylation sites (N-methyl/N-ethyl adjacent to an activating group) is 1. The summed E-state index contributed by atoms with van der Waals surface area (Å²) in [5, 5.41) is 2.57. The van der Waals surface area contributed by atoms with Gasteiger partial charge in [-0.25, -0.2) is 0 Å². The van der Waals surface area contributed by atoms with Crippen LogP contribution in [0.2, 0.25) is 0 Å². The van der Waals surface area contributed by atoms with Gasteiger partial charge in [0.25, 0.3) is 11.7 Å². The van der Waals surface area contributed by atoms with Crippen LogP contribution in [0.1, 0.15) is 15.9 Å². The van der Waals surface area contributed by atoms with E-state index in [1.165, 1.54) is 24.1 Å². The second-order valence-electron chi connectivity index (χ2n) is 5.51. The van der Waals surface area contributed by atoms with Crippen molar-refractivity contribution in [1.82, 2.24) is 5.32 Å². The quantitative estimate of drug-likeness (QED) is 0.849. The Morgan fingerprint density at radius 2 is 1.84 bits per heavy atom. The zero-order valence-electron chi connectivity index (χ0n) is 13.4. The predicted octanol–water partition coefficient (Wildman–Crippen LogP) is 3.32. The van der Waals surface area contributed by atoms with Crippen molar-refractivity contribution in [3.8, 4) is 0 Å². The number of para-hydroxylation sites is 1. The fourth-order valence-corrected chi connectivity index (χ4v) is 3.62. The van der Waals surface area contributed by atoms with E-state index in [0.717, 1.165) is 5.56 Å². The molecule has 0 fully saturated rings. The third-order valence-corrected chi connectivity index (χ3v) is 4.87. The molecule has 1 atom stereocenters. The summed E-state index contributed by atoms with van der Waals surface area (Å²) in [6.07, 6.45) is 0.395. The topological polar surface area (TPSA) is 49.4 Å². The molecule has 0 saturated heterocycles. The van der Waals surface area contributed by atoms with Crippen LogP contribution in [0.4, 0.5) is 14.5 Å². The number of halogens is 2. The average Bonchev–Trinajstić information content (AvgIpc) is 3.00. The summed E-state index contributed by atoms with van der Waals surface area (Å²) in [4.78, 5) is 27.0. The first-order valence-electron chi connectivity index (χ1n) is 7.70. The Morgan fingerprint density at radius 3 is 2.56 bits per heavy atom. The molecule has 1 heterocycles. The van der Waals surface area contributed by atoms with Crippen molar-refractivity contribution in [3.63, 3.8) is 0 Å². The summed E-state index contributed by atoms with van der Waals surface area (Å²) in [6, 6.07) is 12.8. The highest BCUT2D eigenvalue weighted by atomic mass is 32.2. The lowest BCUT2D eigenvalue weighted by molar-refractivity contribution is -0.121. The van der Waals surface area contributed by atoms with E-state index in [1.807, 2.05) is 12.1 Å². The molecule has 1 aliphatic rings. The van der Waals surface area contributed by atoms with E-state index in [9.17, 15) is 18.4 Å². The normalized spacial score (nSPS) is 16.0. The number of fused-ring (bicyclic) bond motifs is 1. The maximum absolute atomic E-state index is 13.1. The van der Waals surface area contributed by atoms with Gasteiger partial charge in [0.2, 0.25) is 5.91 Å². The summed E-state index contributed by atoms with van der Waals surface area (Å²) in [6.45, 7) is 0. The highest BCUT2D eigenvalue weighted by Gasteiger charge is 2.38. The number of nitrogens with zero attached hydrogens (tertiary/aromatic N) is 1. The molecule has 130 valence electrons. The lowest BCUT2D eigenvalue weighted by atomic mass is 10.1. The van der Waals surface area contributed by atoms with Crippen LogP contribution >= 0.6 is 11.8 Å². The van der Waals surface area contributed by atoms with Gasteiger partial charge in [-0.05, 0) is 23.8 Å². The van der Waals surface area contributed by atoms with Crippen molar-refractivity contribution in [2.24, 2.45) is 0 Å². The number of thioether (sulfide) groups is 1. The van der Waals surface area contributed by atoms with Gasteiger partial charge in [0.1, 0.15) is 6.04 Å². The lowest BCUT2D eigenvalue weighted by Gasteiger charge is -2.25. The van der Waals surface area contributed by atoms with Crippen LogP contribution in [0.15, 0.2) is 53.4 Å². The molecule has 0 unspecified atom stereocenters. The molecule has 25 heavy (non-hydrogen) atoms. The fourth-order valence-electron chi connectivity index (χ4n) is 2.99. The molecule has 0 bridgehead atoms. The highest BCUT2D eigenvalue weighted by molar-refractivity contribution is 7.99. The number of amides is 2. The van der Waals surface area contributed by atoms with Crippen molar-refractivity contribution in [2.45, 2.75) is 23.1 Å². The smallest absolute Gasteiger partial charge is 0.288 e. The van der Waals surface area contributed by atoms with Crippen LogP contribution in [-0.2, 0) is 11.2 Å². The minimum Gasteiger partial charge on any atom is -0.357 e. The number of carbonyl (C=O) groups excluding carboxylic acids is 2. The maximum Gasteiger partial charge on any atom is 0.288 e. The SMILES string of the molecule is CNC(=O)[C@@H]1Cc2ccccc2N1C(=O)c1ccccc1SC(F)F. The average molecular weight is 362 g/mol. The summed E-state index contributed by atoms with van der Waals surface area (Å²) >= 11 is 0.327. The van der Waals surface area contributed by atoms with E-state index in [1.54, 1.807) is 24.3 Å². The molecule has 0 aromatic heterocycles. The first kappa shape index (κ1) is 17.4. The standard InChI is InChI=1S/C18H16F2N2O2S/c1-21-16(23)14-10-11-6-2-4-8-13(11)22(14)17(24)12-7-3-5-9-15(12)25-18(19)20/h2-9,14,18H,10H2,1H3,(H,21,23)/t14-/m0/s1. The van der Waals surface area contributed by atoms with Gasteiger partial charge in [0.15, 0.2) is 0 Å². The number of nitrogens with one attached hydrogen (secondary N) is 1. The lowest BCUT2D eigenvalue weighted by Crippen LogP contribution is -2.47. The Bertz CT molecular complexity index is 813. The summed E-state index contributed by atoms with van der Waals surface area (Å²) in [5.74, 6) is -3.37. The number of rotatable bonds is 4. The zero-order chi connectivity index (χ0) is 18.0. The Kier molecular flexibility index (Phi) is 5.03. The van der Waals surface area contributed by atoms with Gasteiger partial charge >= 0.3 is 0 Å². The molecular weight excluding hydrogens is 346 g/mol. The van der Waals surface area contributed by atoms with E-state index in [-0.39, 0.29) is 16.4 Å². The Hall–Kier alpha value is -2.41. The van der Waals surface area contributed by atoms with Crippen LogP contribution in [0.25, 0.3) is 0 Å².